The number of carbonyl (C=O) groups is 1. The lowest BCUT2D eigenvalue weighted by molar-refractivity contribution is -0.128. The van der Waals surface area contributed by atoms with Crippen molar-refractivity contribution in [1.29, 1.82) is 0 Å². The van der Waals surface area contributed by atoms with E-state index in [1.54, 1.807) is 20.9 Å². The van der Waals surface area contributed by atoms with Gasteiger partial charge in [-0.25, -0.2) is 8.78 Å². The Morgan fingerprint density at radius 2 is 2.00 bits per heavy atom. The van der Waals surface area contributed by atoms with E-state index in [2.05, 4.69) is 10.6 Å². The Kier molecular flexibility index (Phi) is 4.78. The van der Waals surface area contributed by atoms with E-state index in [1.165, 1.54) is 0 Å². The lowest BCUT2D eigenvalue weighted by Crippen LogP contribution is -2.41. The van der Waals surface area contributed by atoms with Crippen LogP contribution in [0.1, 0.15) is 19.4 Å². The molecule has 100 valence electrons. The molecule has 0 saturated heterocycles. The van der Waals surface area contributed by atoms with Crippen molar-refractivity contribution in [3.8, 4) is 0 Å². The predicted octanol–water partition coefficient (Wildman–Crippen LogP) is 1.83. The van der Waals surface area contributed by atoms with E-state index in [1.807, 2.05) is 0 Å². The van der Waals surface area contributed by atoms with E-state index in [0.29, 0.717) is 6.54 Å². The quantitative estimate of drug-likeness (QED) is 0.844. The minimum absolute atomic E-state index is 0.102. The van der Waals surface area contributed by atoms with Gasteiger partial charge in [0.25, 0.3) is 0 Å². The van der Waals surface area contributed by atoms with E-state index >= 15 is 0 Å². The highest BCUT2D eigenvalue weighted by Crippen LogP contribution is 2.14. The van der Waals surface area contributed by atoms with E-state index in [0.717, 1.165) is 18.2 Å². The zero-order valence-corrected chi connectivity index (χ0v) is 10.8. The molecule has 3 nitrogen and oxygen atoms in total. The molecule has 1 amide bonds. The standard InChI is InChI=1S/C13H18F2N2O/c1-13(2,12(18)16-3)8-17-7-9-6-10(14)4-5-11(9)15/h4-6,17H,7-8H2,1-3H3,(H,16,18). The maximum absolute atomic E-state index is 13.3. The molecular formula is C13H18F2N2O. The van der Waals surface area contributed by atoms with Gasteiger partial charge in [0.1, 0.15) is 11.6 Å². The number of hydrogen-bond acceptors (Lipinski definition) is 2. The Labute approximate surface area is 106 Å². The molecule has 0 spiro atoms. The van der Waals surface area contributed by atoms with Crippen molar-refractivity contribution in [2.75, 3.05) is 13.6 Å². The summed E-state index contributed by atoms with van der Waals surface area (Å²) in [4.78, 5) is 11.5. The van der Waals surface area contributed by atoms with Crippen LogP contribution in [-0.2, 0) is 11.3 Å². The van der Waals surface area contributed by atoms with Gasteiger partial charge in [0, 0.05) is 25.7 Å². The third kappa shape index (κ3) is 3.77. The molecule has 0 aliphatic heterocycles. The van der Waals surface area contributed by atoms with Gasteiger partial charge in [-0.3, -0.25) is 4.79 Å². The highest BCUT2D eigenvalue weighted by molar-refractivity contribution is 5.81. The molecule has 0 bridgehead atoms. The highest BCUT2D eigenvalue weighted by Gasteiger charge is 2.25. The molecule has 18 heavy (non-hydrogen) atoms. The normalized spacial score (nSPS) is 11.4. The summed E-state index contributed by atoms with van der Waals surface area (Å²) in [5.41, 5.74) is -0.346. The maximum atomic E-state index is 13.3. The van der Waals surface area contributed by atoms with Crippen LogP contribution >= 0.6 is 0 Å². The smallest absolute Gasteiger partial charge is 0.226 e. The van der Waals surface area contributed by atoms with Crippen LogP contribution in [0.5, 0.6) is 0 Å². The number of amides is 1. The first-order chi connectivity index (χ1) is 8.36. The molecule has 0 aliphatic carbocycles. The zero-order valence-electron chi connectivity index (χ0n) is 10.8. The van der Waals surface area contributed by atoms with Gasteiger partial charge in [0.15, 0.2) is 0 Å². The third-order valence-electron chi connectivity index (χ3n) is 2.73. The topological polar surface area (TPSA) is 41.1 Å². The van der Waals surface area contributed by atoms with Gasteiger partial charge in [-0.15, -0.1) is 0 Å². The lowest BCUT2D eigenvalue weighted by Gasteiger charge is -2.23. The number of nitrogens with one attached hydrogen (secondary N) is 2. The van der Waals surface area contributed by atoms with Crippen molar-refractivity contribution in [3.63, 3.8) is 0 Å². The second-order valence-electron chi connectivity index (χ2n) is 4.80. The fraction of sp³-hybridized carbons (Fsp3) is 0.462. The van der Waals surface area contributed by atoms with Crippen molar-refractivity contribution in [2.45, 2.75) is 20.4 Å². The third-order valence-corrected chi connectivity index (χ3v) is 2.73. The summed E-state index contributed by atoms with van der Waals surface area (Å²) in [5, 5.41) is 5.52. The Morgan fingerprint density at radius 3 is 2.61 bits per heavy atom. The minimum atomic E-state index is -0.599. The molecule has 0 aliphatic rings. The molecular weight excluding hydrogens is 238 g/mol. The lowest BCUT2D eigenvalue weighted by atomic mass is 9.92. The fourth-order valence-corrected chi connectivity index (χ4v) is 1.61. The molecule has 2 N–H and O–H groups in total. The molecule has 0 unspecified atom stereocenters. The first-order valence-corrected chi connectivity index (χ1v) is 5.73. The van der Waals surface area contributed by atoms with Gasteiger partial charge in [0.05, 0.1) is 5.41 Å². The SMILES string of the molecule is CNC(=O)C(C)(C)CNCc1cc(F)ccc1F. The van der Waals surface area contributed by atoms with E-state index in [-0.39, 0.29) is 18.0 Å². The van der Waals surface area contributed by atoms with Gasteiger partial charge in [-0.05, 0) is 32.0 Å². The van der Waals surface area contributed by atoms with Crippen molar-refractivity contribution in [2.24, 2.45) is 5.41 Å². The molecule has 5 heteroatoms. The summed E-state index contributed by atoms with van der Waals surface area (Å²) in [7, 11) is 1.57. The molecule has 0 fully saturated rings. The molecule has 1 aromatic carbocycles. The molecule has 0 saturated carbocycles. The number of benzene rings is 1. The van der Waals surface area contributed by atoms with Crippen LogP contribution in [-0.4, -0.2) is 19.5 Å². The number of rotatable bonds is 5. The van der Waals surface area contributed by atoms with E-state index in [4.69, 9.17) is 0 Å². The molecule has 1 aromatic rings. The monoisotopic (exact) mass is 256 g/mol. The van der Waals surface area contributed by atoms with Gasteiger partial charge >= 0.3 is 0 Å². The molecule has 1 rings (SSSR count). The number of halogens is 2. The molecule has 0 aromatic heterocycles. The van der Waals surface area contributed by atoms with Crippen LogP contribution in [0.4, 0.5) is 8.78 Å². The average molecular weight is 256 g/mol. The van der Waals surface area contributed by atoms with E-state index in [9.17, 15) is 13.6 Å². The Hall–Kier alpha value is -1.49. The highest BCUT2D eigenvalue weighted by atomic mass is 19.1. The zero-order chi connectivity index (χ0) is 13.8. The van der Waals surface area contributed by atoms with Gasteiger partial charge in [-0.1, -0.05) is 0 Å². The van der Waals surface area contributed by atoms with Crippen molar-refractivity contribution < 1.29 is 13.6 Å². The van der Waals surface area contributed by atoms with Gasteiger partial charge < -0.3 is 10.6 Å². The fourth-order valence-electron chi connectivity index (χ4n) is 1.61. The maximum Gasteiger partial charge on any atom is 0.226 e. The largest absolute Gasteiger partial charge is 0.359 e. The molecule has 0 radical (unpaired) electrons. The molecule has 0 atom stereocenters. The van der Waals surface area contributed by atoms with Crippen LogP contribution in [0, 0.1) is 17.0 Å². The van der Waals surface area contributed by atoms with Gasteiger partial charge in [0.2, 0.25) is 5.91 Å². The Morgan fingerprint density at radius 1 is 1.33 bits per heavy atom. The summed E-state index contributed by atoms with van der Waals surface area (Å²) in [6, 6.07) is 3.32. The van der Waals surface area contributed by atoms with Crippen LogP contribution in [0.3, 0.4) is 0 Å². The van der Waals surface area contributed by atoms with Crippen molar-refractivity contribution in [1.82, 2.24) is 10.6 Å². The number of carbonyl (C=O) groups excluding carboxylic acids is 1. The van der Waals surface area contributed by atoms with Crippen LogP contribution in [0.15, 0.2) is 18.2 Å². The van der Waals surface area contributed by atoms with Crippen molar-refractivity contribution in [3.05, 3.63) is 35.4 Å². The minimum Gasteiger partial charge on any atom is -0.359 e. The second kappa shape index (κ2) is 5.91. The van der Waals surface area contributed by atoms with Crippen molar-refractivity contribution >= 4 is 5.91 Å². The van der Waals surface area contributed by atoms with E-state index < -0.39 is 17.0 Å². The average Bonchev–Trinajstić information content (AvgIpc) is 2.32. The predicted molar refractivity (Wildman–Crippen MR) is 65.9 cm³/mol. The van der Waals surface area contributed by atoms with Crippen LogP contribution < -0.4 is 10.6 Å². The first-order valence-electron chi connectivity index (χ1n) is 5.73. The van der Waals surface area contributed by atoms with Crippen LogP contribution in [0.25, 0.3) is 0 Å². The summed E-state index contributed by atoms with van der Waals surface area (Å²) in [6.45, 7) is 4.12. The summed E-state index contributed by atoms with van der Waals surface area (Å²) >= 11 is 0. The summed E-state index contributed by atoms with van der Waals surface area (Å²) in [5.74, 6) is -1.03. The number of hydrogen-bond donors (Lipinski definition) is 2. The second-order valence-corrected chi connectivity index (χ2v) is 4.80. The van der Waals surface area contributed by atoms with Crippen LogP contribution in [0.2, 0.25) is 0 Å². The first kappa shape index (κ1) is 14.6. The molecule has 0 heterocycles. The summed E-state index contributed by atoms with van der Waals surface area (Å²) < 4.78 is 26.3. The van der Waals surface area contributed by atoms with Gasteiger partial charge in [-0.2, -0.15) is 0 Å². The Bertz CT molecular complexity index is 433. The summed E-state index contributed by atoms with van der Waals surface area (Å²) in [6.07, 6.45) is 0. The Balaban J connectivity index is 2.56.